The van der Waals surface area contributed by atoms with Gasteiger partial charge in [-0.2, -0.15) is 0 Å². The minimum absolute atomic E-state index is 0.146. The lowest BCUT2D eigenvalue weighted by Gasteiger charge is -2.20. The molecule has 84 valence electrons. The van der Waals surface area contributed by atoms with Gasteiger partial charge in [-0.25, -0.2) is 9.18 Å². The molecule has 0 aromatic rings. The van der Waals surface area contributed by atoms with Gasteiger partial charge >= 0.3 is 6.09 Å². The maximum atomic E-state index is 12.4. The maximum absolute atomic E-state index is 12.4. The van der Waals surface area contributed by atoms with Crippen molar-refractivity contribution in [2.24, 2.45) is 0 Å². The summed E-state index contributed by atoms with van der Waals surface area (Å²) in [6.07, 6.45) is -3.22. The molecule has 0 fully saturated rings. The number of ether oxygens (including phenoxy) is 1. The van der Waals surface area contributed by atoms with Crippen molar-refractivity contribution in [3.05, 3.63) is 0 Å². The Morgan fingerprint density at radius 1 is 1.57 bits per heavy atom. The summed E-state index contributed by atoms with van der Waals surface area (Å²) in [6.45, 7) is 6.25. The molecule has 14 heavy (non-hydrogen) atoms. The molecule has 0 spiro atoms. The summed E-state index contributed by atoms with van der Waals surface area (Å²) < 4.78 is 17.3. The predicted molar refractivity (Wildman–Crippen MR) is 50.8 cm³/mol. The monoisotopic (exact) mass is 207 g/mol. The van der Waals surface area contributed by atoms with Gasteiger partial charge in [-0.3, -0.25) is 0 Å². The van der Waals surface area contributed by atoms with Gasteiger partial charge < -0.3 is 15.2 Å². The van der Waals surface area contributed by atoms with Crippen LogP contribution < -0.4 is 5.32 Å². The molecule has 0 aliphatic carbocycles. The second kappa shape index (κ2) is 5.14. The van der Waals surface area contributed by atoms with Gasteiger partial charge in [0, 0.05) is 6.54 Å². The molecule has 2 unspecified atom stereocenters. The normalized spacial score (nSPS) is 15.9. The second-order valence-corrected chi connectivity index (χ2v) is 4.13. The van der Waals surface area contributed by atoms with E-state index in [0.29, 0.717) is 0 Å². The molecule has 0 radical (unpaired) electrons. The van der Waals surface area contributed by atoms with E-state index in [1.807, 2.05) is 0 Å². The first kappa shape index (κ1) is 13.2. The molecule has 5 heteroatoms. The fraction of sp³-hybridized carbons (Fsp3) is 0.889. The van der Waals surface area contributed by atoms with Gasteiger partial charge in [0.25, 0.3) is 0 Å². The first-order valence-corrected chi connectivity index (χ1v) is 4.51. The summed E-state index contributed by atoms with van der Waals surface area (Å²) in [5.41, 5.74) is -0.587. The predicted octanol–water partition coefficient (Wildman–Crippen LogP) is 1.23. The first-order valence-electron chi connectivity index (χ1n) is 4.51. The zero-order chi connectivity index (χ0) is 11.4. The van der Waals surface area contributed by atoms with Crippen molar-refractivity contribution in [2.75, 3.05) is 6.54 Å². The van der Waals surface area contributed by atoms with E-state index in [9.17, 15) is 9.18 Å². The SMILES string of the molecule is CC(F)C(O)CNC(=O)OC(C)(C)C. The van der Waals surface area contributed by atoms with Gasteiger partial charge in [-0.05, 0) is 27.7 Å². The molecule has 0 heterocycles. The maximum Gasteiger partial charge on any atom is 0.407 e. The van der Waals surface area contributed by atoms with Gasteiger partial charge in [0.2, 0.25) is 0 Å². The summed E-state index contributed by atoms with van der Waals surface area (Å²) in [5.74, 6) is 0. The average molecular weight is 207 g/mol. The Morgan fingerprint density at radius 3 is 2.43 bits per heavy atom. The highest BCUT2D eigenvalue weighted by molar-refractivity contribution is 5.67. The zero-order valence-corrected chi connectivity index (χ0v) is 9.00. The second-order valence-electron chi connectivity index (χ2n) is 4.13. The van der Waals surface area contributed by atoms with Crippen LogP contribution in [-0.2, 0) is 4.74 Å². The van der Waals surface area contributed by atoms with Gasteiger partial charge in [-0.15, -0.1) is 0 Å². The average Bonchev–Trinajstić information content (AvgIpc) is 1.96. The molecule has 2 N–H and O–H groups in total. The smallest absolute Gasteiger partial charge is 0.407 e. The Morgan fingerprint density at radius 2 is 2.07 bits per heavy atom. The number of hydrogen-bond donors (Lipinski definition) is 2. The van der Waals surface area contributed by atoms with Crippen molar-refractivity contribution in [3.8, 4) is 0 Å². The number of aliphatic hydroxyl groups is 1. The largest absolute Gasteiger partial charge is 0.444 e. The molecule has 0 saturated heterocycles. The van der Waals surface area contributed by atoms with Crippen LogP contribution in [0.5, 0.6) is 0 Å². The number of amides is 1. The molecule has 0 aliphatic heterocycles. The Bertz CT molecular complexity index is 189. The van der Waals surface area contributed by atoms with Crippen molar-refractivity contribution >= 4 is 6.09 Å². The first-order chi connectivity index (χ1) is 6.22. The number of hydrogen-bond acceptors (Lipinski definition) is 3. The van der Waals surface area contributed by atoms with E-state index in [4.69, 9.17) is 9.84 Å². The Balaban J connectivity index is 3.75. The number of carbonyl (C=O) groups excluding carboxylic acids is 1. The number of alkyl carbamates (subject to hydrolysis) is 1. The quantitative estimate of drug-likeness (QED) is 0.731. The van der Waals surface area contributed by atoms with Crippen LogP contribution in [-0.4, -0.2) is 35.6 Å². The van der Waals surface area contributed by atoms with Gasteiger partial charge in [0.1, 0.15) is 17.9 Å². The van der Waals surface area contributed by atoms with Crippen LogP contribution in [0.2, 0.25) is 0 Å². The lowest BCUT2D eigenvalue weighted by Crippen LogP contribution is -2.39. The summed E-state index contributed by atoms with van der Waals surface area (Å²) in [6, 6.07) is 0. The van der Waals surface area contributed by atoms with Crippen molar-refractivity contribution in [3.63, 3.8) is 0 Å². The number of nitrogens with one attached hydrogen (secondary N) is 1. The molecule has 1 amide bonds. The third kappa shape index (κ3) is 6.65. The number of alkyl halides is 1. The molecule has 4 nitrogen and oxygen atoms in total. The van der Waals surface area contributed by atoms with Crippen LogP contribution in [0.1, 0.15) is 27.7 Å². The van der Waals surface area contributed by atoms with Crippen LogP contribution in [0, 0.1) is 0 Å². The van der Waals surface area contributed by atoms with Gasteiger partial charge in [0.05, 0.1) is 0 Å². The molecule has 0 aromatic carbocycles. The molecule has 0 saturated carbocycles. The van der Waals surface area contributed by atoms with Crippen LogP contribution in [0.15, 0.2) is 0 Å². The van der Waals surface area contributed by atoms with E-state index >= 15 is 0 Å². The lowest BCUT2D eigenvalue weighted by atomic mass is 10.2. The van der Waals surface area contributed by atoms with E-state index in [1.54, 1.807) is 20.8 Å². The lowest BCUT2D eigenvalue weighted by molar-refractivity contribution is 0.0435. The van der Waals surface area contributed by atoms with Crippen LogP contribution >= 0.6 is 0 Å². The summed E-state index contributed by atoms with van der Waals surface area (Å²) in [7, 11) is 0. The molecule has 0 aliphatic rings. The summed E-state index contributed by atoms with van der Waals surface area (Å²) in [4.78, 5) is 11.0. The van der Waals surface area contributed by atoms with Crippen molar-refractivity contribution < 1.29 is 19.0 Å². The van der Waals surface area contributed by atoms with E-state index in [0.717, 1.165) is 0 Å². The highest BCUT2D eigenvalue weighted by Crippen LogP contribution is 2.06. The summed E-state index contributed by atoms with van der Waals surface area (Å²) >= 11 is 0. The highest BCUT2D eigenvalue weighted by Gasteiger charge is 2.18. The zero-order valence-electron chi connectivity index (χ0n) is 9.00. The third-order valence-electron chi connectivity index (χ3n) is 1.38. The fourth-order valence-corrected chi connectivity index (χ4v) is 0.664. The molecule has 0 bridgehead atoms. The molecular weight excluding hydrogens is 189 g/mol. The highest BCUT2D eigenvalue weighted by atomic mass is 19.1. The van der Waals surface area contributed by atoms with Crippen LogP contribution in [0.3, 0.4) is 0 Å². The Kier molecular flexibility index (Phi) is 4.83. The fourth-order valence-electron chi connectivity index (χ4n) is 0.664. The number of carbonyl (C=O) groups is 1. The Labute approximate surface area is 83.4 Å². The van der Waals surface area contributed by atoms with E-state index in [2.05, 4.69) is 5.32 Å². The number of rotatable bonds is 3. The molecule has 0 rings (SSSR count). The van der Waals surface area contributed by atoms with Crippen molar-refractivity contribution in [1.29, 1.82) is 0 Å². The van der Waals surface area contributed by atoms with Crippen LogP contribution in [0.4, 0.5) is 9.18 Å². The van der Waals surface area contributed by atoms with E-state index < -0.39 is 24.0 Å². The topological polar surface area (TPSA) is 58.6 Å². The Hall–Kier alpha value is -0.840. The molecule has 0 aromatic heterocycles. The van der Waals surface area contributed by atoms with E-state index in [-0.39, 0.29) is 6.54 Å². The number of aliphatic hydroxyl groups excluding tert-OH is 1. The minimum Gasteiger partial charge on any atom is -0.444 e. The van der Waals surface area contributed by atoms with Crippen LogP contribution in [0.25, 0.3) is 0 Å². The number of halogens is 1. The van der Waals surface area contributed by atoms with Crippen molar-refractivity contribution in [1.82, 2.24) is 5.32 Å². The van der Waals surface area contributed by atoms with Gasteiger partial charge in [0.15, 0.2) is 0 Å². The molecular formula is C9H18FNO3. The standard InChI is InChI=1S/C9H18FNO3/c1-6(10)7(12)5-11-8(13)14-9(2,3)4/h6-7,12H,5H2,1-4H3,(H,11,13). The minimum atomic E-state index is -1.37. The third-order valence-corrected chi connectivity index (χ3v) is 1.38. The van der Waals surface area contributed by atoms with Crippen molar-refractivity contribution in [2.45, 2.75) is 45.6 Å². The van der Waals surface area contributed by atoms with Gasteiger partial charge in [-0.1, -0.05) is 0 Å². The molecule has 2 atom stereocenters. The van der Waals surface area contributed by atoms with E-state index in [1.165, 1.54) is 6.92 Å². The summed E-state index contributed by atoms with van der Waals surface area (Å²) in [5, 5.41) is 11.3.